The van der Waals surface area contributed by atoms with Gasteiger partial charge in [0.1, 0.15) is 12.4 Å². The predicted molar refractivity (Wildman–Crippen MR) is 117 cm³/mol. The summed E-state index contributed by atoms with van der Waals surface area (Å²) in [7, 11) is 0. The van der Waals surface area contributed by atoms with Crippen molar-refractivity contribution in [2.75, 3.05) is 11.1 Å². The molecule has 0 saturated carbocycles. The van der Waals surface area contributed by atoms with E-state index in [9.17, 15) is 4.79 Å². The number of thioether (sulfide) groups is 1. The lowest BCUT2D eigenvalue weighted by Gasteiger charge is -2.10. The second kappa shape index (κ2) is 10.3. The van der Waals surface area contributed by atoms with Gasteiger partial charge in [0, 0.05) is 6.54 Å². The van der Waals surface area contributed by atoms with Gasteiger partial charge in [0.2, 0.25) is 5.91 Å². The number of hydrogen-bond acceptors (Lipinski definition) is 5. The van der Waals surface area contributed by atoms with E-state index in [1.807, 2.05) is 34.9 Å². The third-order valence-corrected chi connectivity index (χ3v) is 5.56. The maximum atomic E-state index is 12.3. The molecule has 0 bridgehead atoms. The van der Waals surface area contributed by atoms with E-state index >= 15 is 0 Å². The van der Waals surface area contributed by atoms with Gasteiger partial charge in [-0.15, -0.1) is 16.8 Å². The van der Waals surface area contributed by atoms with Crippen LogP contribution < -0.4 is 10.1 Å². The molecule has 6 nitrogen and oxygen atoms in total. The number of hydrogen-bond donors (Lipinski definition) is 1. The lowest BCUT2D eigenvalue weighted by Crippen LogP contribution is -2.15. The van der Waals surface area contributed by atoms with Gasteiger partial charge in [0.15, 0.2) is 11.0 Å². The SMILES string of the molecule is C=CCn1c(COc2ccccc2)nnc1SCC(=O)Nc1cccc(Cl)c1Cl. The molecule has 1 amide bonds. The highest BCUT2D eigenvalue weighted by Gasteiger charge is 2.15. The summed E-state index contributed by atoms with van der Waals surface area (Å²) in [5.41, 5.74) is 0.467. The fourth-order valence-electron chi connectivity index (χ4n) is 2.43. The van der Waals surface area contributed by atoms with E-state index in [4.69, 9.17) is 27.9 Å². The van der Waals surface area contributed by atoms with E-state index in [2.05, 4.69) is 22.1 Å². The van der Waals surface area contributed by atoms with Crippen LogP contribution >= 0.6 is 35.0 Å². The van der Waals surface area contributed by atoms with Gasteiger partial charge in [-0.05, 0) is 24.3 Å². The van der Waals surface area contributed by atoms with Crippen molar-refractivity contribution in [2.45, 2.75) is 18.3 Å². The summed E-state index contributed by atoms with van der Waals surface area (Å²) in [4.78, 5) is 12.3. The van der Waals surface area contributed by atoms with Gasteiger partial charge >= 0.3 is 0 Å². The first-order valence-electron chi connectivity index (χ1n) is 8.66. The van der Waals surface area contributed by atoms with Crippen LogP contribution in [-0.4, -0.2) is 26.4 Å². The number of para-hydroxylation sites is 1. The van der Waals surface area contributed by atoms with Crippen molar-refractivity contribution in [3.05, 3.63) is 77.1 Å². The van der Waals surface area contributed by atoms with E-state index in [-0.39, 0.29) is 18.3 Å². The maximum absolute atomic E-state index is 12.3. The van der Waals surface area contributed by atoms with Crippen molar-refractivity contribution in [3.8, 4) is 5.75 Å². The monoisotopic (exact) mass is 448 g/mol. The Morgan fingerprint density at radius 3 is 2.72 bits per heavy atom. The lowest BCUT2D eigenvalue weighted by molar-refractivity contribution is -0.113. The molecule has 29 heavy (non-hydrogen) atoms. The summed E-state index contributed by atoms with van der Waals surface area (Å²) < 4.78 is 7.61. The Morgan fingerprint density at radius 1 is 1.17 bits per heavy atom. The fraction of sp³-hybridized carbons (Fsp3) is 0.150. The van der Waals surface area contributed by atoms with Gasteiger partial charge < -0.3 is 10.1 Å². The quantitative estimate of drug-likeness (QED) is 0.365. The summed E-state index contributed by atoms with van der Waals surface area (Å²) in [5, 5.41) is 12.4. The van der Waals surface area contributed by atoms with Crippen LogP contribution in [0.4, 0.5) is 5.69 Å². The van der Waals surface area contributed by atoms with Crippen molar-refractivity contribution in [3.63, 3.8) is 0 Å². The number of nitrogens with zero attached hydrogens (tertiary/aromatic N) is 3. The van der Waals surface area contributed by atoms with E-state index in [1.54, 1.807) is 24.3 Å². The maximum Gasteiger partial charge on any atom is 0.234 e. The number of anilines is 1. The van der Waals surface area contributed by atoms with Gasteiger partial charge in [-0.1, -0.05) is 65.3 Å². The zero-order valence-corrected chi connectivity index (χ0v) is 17.7. The first kappa shape index (κ1) is 21.2. The zero-order valence-electron chi connectivity index (χ0n) is 15.3. The molecule has 0 aliphatic carbocycles. The number of ether oxygens (including phenoxy) is 1. The summed E-state index contributed by atoms with van der Waals surface area (Å²) in [6.07, 6.45) is 1.74. The average Bonchev–Trinajstić information content (AvgIpc) is 3.11. The number of amides is 1. The van der Waals surface area contributed by atoms with Crippen LogP contribution in [0.15, 0.2) is 66.3 Å². The first-order valence-corrected chi connectivity index (χ1v) is 10.4. The molecule has 3 aromatic rings. The number of benzene rings is 2. The van der Waals surface area contributed by atoms with Crippen molar-refractivity contribution in [2.24, 2.45) is 0 Å². The molecule has 9 heteroatoms. The minimum Gasteiger partial charge on any atom is -0.486 e. The Labute approximate surface area is 182 Å². The zero-order chi connectivity index (χ0) is 20.6. The van der Waals surface area contributed by atoms with Crippen LogP contribution in [0.3, 0.4) is 0 Å². The lowest BCUT2D eigenvalue weighted by atomic mass is 10.3. The van der Waals surface area contributed by atoms with E-state index < -0.39 is 0 Å². The van der Waals surface area contributed by atoms with E-state index in [0.717, 1.165) is 5.75 Å². The topological polar surface area (TPSA) is 69.0 Å². The van der Waals surface area contributed by atoms with Gasteiger partial charge in [-0.2, -0.15) is 0 Å². The third kappa shape index (κ3) is 5.76. The number of carbonyl (C=O) groups is 1. The molecule has 0 atom stereocenters. The number of carbonyl (C=O) groups excluding carboxylic acids is 1. The van der Waals surface area contributed by atoms with Gasteiger partial charge in [-0.3, -0.25) is 9.36 Å². The first-order chi connectivity index (χ1) is 14.1. The Morgan fingerprint density at radius 2 is 1.97 bits per heavy atom. The Hall–Kier alpha value is -2.48. The van der Waals surface area contributed by atoms with Crippen molar-refractivity contribution >= 4 is 46.6 Å². The smallest absolute Gasteiger partial charge is 0.234 e. The Bertz CT molecular complexity index is 995. The molecular weight excluding hydrogens is 431 g/mol. The molecule has 150 valence electrons. The molecule has 0 aliphatic heterocycles. The van der Waals surface area contributed by atoms with Crippen LogP contribution in [0.5, 0.6) is 5.75 Å². The highest BCUT2D eigenvalue weighted by molar-refractivity contribution is 7.99. The molecule has 0 saturated heterocycles. The molecule has 0 aliphatic rings. The molecule has 1 N–H and O–H groups in total. The predicted octanol–water partition coefficient (Wildman–Crippen LogP) is 5.08. The highest BCUT2D eigenvalue weighted by Crippen LogP contribution is 2.29. The summed E-state index contributed by atoms with van der Waals surface area (Å²) >= 11 is 13.3. The number of allylic oxidation sites excluding steroid dienone is 1. The van der Waals surface area contributed by atoms with Crippen LogP contribution in [-0.2, 0) is 17.9 Å². The Balaban J connectivity index is 1.62. The largest absolute Gasteiger partial charge is 0.486 e. The average molecular weight is 449 g/mol. The molecule has 1 aromatic heterocycles. The van der Waals surface area contributed by atoms with Crippen LogP contribution in [0.25, 0.3) is 0 Å². The van der Waals surface area contributed by atoms with E-state index in [1.165, 1.54) is 11.8 Å². The molecule has 0 fully saturated rings. The van der Waals surface area contributed by atoms with Crippen molar-refractivity contribution in [1.82, 2.24) is 14.8 Å². The number of nitrogens with one attached hydrogen (secondary N) is 1. The Kier molecular flexibility index (Phi) is 7.57. The van der Waals surface area contributed by atoms with Crippen LogP contribution in [0, 0.1) is 0 Å². The number of rotatable bonds is 9. The molecule has 0 radical (unpaired) electrons. The van der Waals surface area contributed by atoms with Gasteiger partial charge in [-0.25, -0.2) is 0 Å². The summed E-state index contributed by atoms with van der Waals surface area (Å²) in [5.74, 6) is 1.30. The normalized spacial score (nSPS) is 10.6. The van der Waals surface area contributed by atoms with Crippen molar-refractivity contribution in [1.29, 1.82) is 0 Å². The minimum absolute atomic E-state index is 0.137. The second-order valence-electron chi connectivity index (χ2n) is 5.84. The molecule has 2 aromatic carbocycles. The van der Waals surface area contributed by atoms with Gasteiger partial charge in [0.05, 0.1) is 21.5 Å². The number of aromatic nitrogens is 3. The van der Waals surface area contributed by atoms with Crippen molar-refractivity contribution < 1.29 is 9.53 Å². The van der Waals surface area contributed by atoms with Crippen LogP contribution in [0.1, 0.15) is 5.82 Å². The molecular formula is C20H18Cl2N4O2S. The molecule has 1 heterocycles. The molecule has 0 spiro atoms. The van der Waals surface area contributed by atoms with E-state index in [0.29, 0.717) is 33.3 Å². The molecule has 0 unspecified atom stereocenters. The fourth-order valence-corrected chi connectivity index (χ4v) is 3.54. The summed E-state index contributed by atoms with van der Waals surface area (Å²) in [6, 6.07) is 14.5. The third-order valence-electron chi connectivity index (χ3n) is 3.77. The second-order valence-corrected chi connectivity index (χ2v) is 7.57. The summed E-state index contributed by atoms with van der Waals surface area (Å²) in [6.45, 7) is 4.54. The highest BCUT2D eigenvalue weighted by atomic mass is 35.5. The standard InChI is InChI=1S/C20H18Cl2N4O2S/c1-2-11-26-17(12-28-14-7-4-3-5-8-14)24-25-20(26)29-13-18(27)23-16-10-6-9-15(21)19(16)22/h2-10H,1,11-13H2,(H,23,27). The molecule has 3 rings (SSSR count). The van der Waals surface area contributed by atoms with Gasteiger partial charge in [0.25, 0.3) is 0 Å². The van der Waals surface area contributed by atoms with Crippen LogP contribution in [0.2, 0.25) is 10.0 Å². The minimum atomic E-state index is -0.227. The number of halogens is 2.